The van der Waals surface area contributed by atoms with Crippen molar-refractivity contribution in [2.24, 2.45) is 0 Å². The molecule has 0 saturated carbocycles. The van der Waals surface area contributed by atoms with E-state index in [9.17, 15) is 4.79 Å². The summed E-state index contributed by atoms with van der Waals surface area (Å²) >= 11 is 1.64. The number of carbonyl (C=O) groups excluding carboxylic acids is 1. The predicted octanol–water partition coefficient (Wildman–Crippen LogP) is 2.17. The van der Waals surface area contributed by atoms with E-state index in [0.29, 0.717) is 6.54 Å². The Morgan fingerprint density at radius 1 is 1.40 bits per heavy atom. The zero-order chi connectivity index (χ0) is 10.5. The Morgan fingerprint density at radius 3 is 2.87 bits per heavy atom. The second kappa shape index (κ2) is 5.16. The molecular weight excluding hydrogens is 208 g/mol. The smallest absolute Gasteiger partial charge is 0.241 e. The van der Waals surface area contributed by atoms with Crippen LogP contribution in [0.15, 0.2) is 16.8 Å². The fraction of sp³-hybridized carbons (Fsp3) is 0.545. The van der Waals surface area contributed by atoms with Gasteiger partial charge in [0.1, 0.15) is 0 Å². The largest absolute Gasteiger partial charge is 0.375 e. The van der Waals surface area contributed by atoms with E-state index in [4.69, 9.17) is 0 Å². The summed E-state index contributed by atoms with van der Waals surface area (Å²) in [5.41, 5.74) is 1.05. The van der Waals surface area contributed by atoms with Crippen molar-refractivity contribution in [1.82, 2.24) is 4.90 Å². The predicted molar refractivity (Wildman–Crippen MR) is 63.2 cm³/mol. The molecule has 0 unspecified atom stereocenters. The molecule has 3 nitrogen and oxygen atoms in total. The van der Waals surface area contributed by atoms with Crippen LogP contribution < -0.4 is 5.32 Å². The highest BCUT2D eigenvalue weighted by Crippen LogP contribution is 2.12. The van der Waals surface area contributed by atoms with E-state index in [1.165, 1.54) is 6.42 Å². The SMILES string of the molecule is O=C(CNc1ccsc1)N1CCCCC1. The maximum Gasteiger partial charge on any atom is 0.241 e. The Kier molecular flexibility index (Phi) is 3.61. The maximum atomic E-state index is 11.8. The third kappa shape index (κ3) is 2.96. The van der Waals surface area contributed by atoms with Crippen molar-refractivity contribution < 1.29 is 4.79 Å². The summed E-state index contributed by atoms with van der Waals surface area (Å²) in [6.07, 6.45) is 3.58. The lowest BCUT2D eigenvalue weighted by atomic mass is 10.1. The molecule has 1 saturated heterocycles. The molecule has 2 rings (SSSR count). The van der Waals surface area contributed by atoms with Crippen LogP contribution in [0.25, 0.3) is 0 Å². The third-order valence-corrected chi connectivity index (χ3v) is 3.36. The van der Waals surface area contributed by atoms with Crippen LogP contribution in [0.3, 0.4) is 0 Å². The first-order valence-corrected chi connectivity index (χ1v) is 6.34. The molecule has 2 heterocycles. The summed E-state index contributed by atoms with van der Waals surface area (Å²) < 4.78 is 0. The molecular formula is C11H16N2OS. The van der Waals surface area contributed by atoms with Crippen LogP contribution in [0.4, 0.5) is 5.69 Å². The molecule has 1 amide bonds. The van der Waals surface area contributed by atoms with E-state index in [-0.39, 0.29) is 5.91 Å². The third-order valence-electron chi connectivity index (χ3n) is 2.67. The lowest BCUT2D eigenvalue weighted by Gasteiger charge is -2.26. The van der Waals surface area contributed by atoms with Crippen LogP contribution in [0.1, 0.15) is 19.3 Å². The Hall–Kier alpha value is -1.03. The molecule has 4 heteroatoms. The van der Waals surface area contributed by atoms with Crippen LogP contribution in [0.5, 0.6) is 0 Å². The van der Waals surface area contributed by atoms with Crippen LogP contribution in [0, 0.1) is 0 Å². The normalized spacial score (nSPS) is 16.4. The summed E-state index contributed by atoms with van der Waals surface area (Å²) in [7, 11) is 0. The molecule has 1 aromatic heterocycles. The fourth-order valence-corrected chi connectivity index (χ4v) is 2.41. The van der Waals surface area contributed by atoms with Gasteiger partial charge in [-0.2, -0.15) is 11.3 Å². The minimum Gasteiger partial charge on any atom is -0.375 e. The van der Waals surface area contributed by atoms with Gasteiger partial charge >= 0.3 is 0 Å². The molecule has 0 atom stereocenters. The summed E-state index contributed by atoms with van der Waals surface area (Å²) in [6.45, 7) is 2.30. The van der Waals surface area contributed by atoms with E-state index in [1.54, 1.807) is 11.3 Å². The van der Waals surface area contributed by atoms with Crippen molar-refractivity contribution in [1.29, 1.82) is 0 Å². The van der Waals surface area contributed by atoms with Crippen molar-refractivity contribution in [3.8, 4) is 0 Å². The maximum absolute atomic E-state index is 11.8. The molecule has 82 valence electrons. The van der Waals surface area contributed by atoms with Crippen LogP contribution in [-0.4, -0.2) is 30.4 Å². The number of nitrogens with one attached hydrogen (secondary N) is 1. The number of anilines is 1. The van der Waals surface area contributed by atoms with Gasteiger partial charge in [-0.1, -0.05) is 0 Å². The van der Waals surface area contributed by atoms with E-state index < -0.39 is 0 Å². The number of piperidine rings is 1. The lowest BCUT2D eigenvalue weighted by molar-refractivity contribution is -0.130. The minimum absolute atomic E-state index is 0.223. The Balaban J connectivity index is 1.76. The van der Waals surface area contributed by atoms with Crippen molar-refractivity contribution in [2.45, 2.75) is 19.3 Å². The van der Waals surface area contributed by atoms with Gasteiger partial charge in [0.2, 0.25) is 5.91 Å². The number of nitrogens with zero attached hydrogens (tertiary/aromatic N) is 1. The van der Waals surface area contributed by atoms with E-state index in [2.05, 4.69) is 5.32 Å². The van der Waals surface area contributed by atoms with Gasteiger partial charge in [-0.05, 0) is 30.7 Å². The highest BCUT2D eigenvalue weighted by atomic mass is 32.1. The van der Waals surface area contributed by atoms with Gasteiger partial charge in [0, 0.05) is 24.2 Å². The first-order valence-electron chi connectivity index (χ1n) is 5.40. The topological polar surface area (TPSA) is 32.3 Å². The highest BCUT2D eigenvalue weighted by Gasteiger charge is 2.15. The molecule has 0 spiro atoms. The van der Waals surface area contributed by atoms with Crippen molar-refractivity contribution in [3.05, 3.63) is 16.8 Å². The average Bonchev–Trinajstić information content (AvgIpc) is 2.80. The molecule has 1 aliphatic rings. The number of carbonyl (C=O) groups is 1. The van der Waals surface area contributed by atoms with Crippen molar-refractivity contribution >= 4 is 22.9 Å². The zero-order valence-corrected chi connectivity index (χ0v) is 9.55. The lowest BCUT2D eigenvalue weighted by Crippen LogP contribution is -2.39. The number of rotatable bonds is 3. The number of hydrogen-bond donors (Lipinski definition) is 1. The molecule has 1 N–H and O–H groups in total. The molecule has 0 radical (unpaired) electrons. The van der Waals surface area contributed by atoms with Crippen LogP contribution >= 0.6 is 11.3 Å². The van der Waals surface area contributed by atoms with Gasteiger partial charge in [-0.15, -0.1) is 0 Å². The average molecular weight is 224 g/mol. The van der Waals surface area contributed by atoms with Crippen LogP contribution in [0.2, 0.25) is 0 Å². The Labute approximate surface area is 94.1 Å². The standard InChI is InChI=1S/C11H16N2OS/c14-11(13-5-2-1-3-6-13)8-12-10-4-7-15-9-10/h4,7,9,12H,1-3,5-6,8H2. The molecule has 1 aromatic rings. The molecule has 15 heavy (non-hydrogen) atoms. The Morgan fingerprint density at radius 2 is 2.20 bits per heavy atom. The second-order valence-corrected chi connectivity index (χ2v) is 4.59. The minimum atomic E-state index is 0.223. The second-order valence-electron chi connectivity index (χ2n) is 3.81. The summed E-state index contributed by atoms with van der Waals surface area (Å²) in [4.78, 5) is 13.7. The van der Waals surface area contributed by atoms with Gasteiger partial charge in [-0.3, -0.25) is 4.79 Å². The fourth-order valence-electron chi connectivity index (χ4n) is 1.80. The first-order chi connectivity index (χ1) is 7.36. The number of hydrogen-bond acceptors (Lipinski definition) is 3. The van der Waals surface area contributed by atoms with Gasteiger partial charge in [0.05, 0.1) is 6.54 Å². The molecule has 0 aliphatic carbocycles. The Bertz CT molecular complexity index is 304. The molecule has 0 bridgehead atoms. The monoisotopic (exact) mass is 224 g/mol. The van der Waals surface area contributed by atoms with Crippen molar-refractivity contribution in [3.63, 3.8) is 0 Å². The number of amides is 1. The number of thiophene rings is 1. The molecule has 0 aromatic carbocycles. The van der Waals surface area contributed by atoms with Crippen LogP contribution in [-0.2, 0) is 4.79 Å². The summed E-state index contributed by atoms with van der Waals surface area (Å²) in [5, 5.41) is 7.17. The number of likely N-dealkylation sites (tertiary alicyclic amines) is 1. The van der Waals surface area contributed by atoms with Gasteiger partial charge in [-0.25, -0.2) is 0 Å². The summed E-state index contributed by atoms with van der Waals surface area (Å²) in [5.74, 6) is 0.223. The molecule has 1 fully saturated rings. The molecule has 1 aliphatic heterocycles. The van der Waals surface area contributed by atoms with E-state index in [1.807, 2.05) is 21.7 Å². The van der Waals surface area contributed by atoms with E-state index >= 15 is 0 Å². The van der Waals surface area contributed by atoms with E-state index in [0.717, 1.165) is 31.6 Å². The van der Waals surface area contributed by atoms with Gasteiger partial charge < -0.3 is 10.2 Å². The highest BCUT2D eigenvalue weighted by molar-refractivity contribution is 7.08. The van der Waals surface area contributed by atoms with Crippen molar-refractivity contribution in [2.75, 3.05) is 25.0 Å². The van der Waals surface area contributed by atoms with Gasteiger partial charge in [0.15, 0.2) is 0 Å². The summed E-state index contributed by atoms with van der Waals surface area (Å²) in [6, 6.07) is 1.99. The zero-order valence-electron chi connectivity index (χ0n) is 8.74. The quantitative estimate of drug-likeness (QED) is 0.853. The first kappa shape index (κ1) is 10.5. The van der Waals surface area contributed by atoms with Gasteiger partial charge in [0.25, 0.3) is 0 Å².